The Labute approximate surface area is 144 Å². The highest BCUT2D eigenvalue weighted by molar-refractivity contribution is 7.98. The second kappa shape index (κ2) is 7.72. The van der Waals surface area contributed by atoms with Crippen LogP contribution in [0.1, 0.15) is 5.56 Å². The average molecular weight is 382 g/mol. The van der Waals surface area contributed by atoms with Crippen LogP contribution >= 0.6 is 46.6 Å². The van der Waals surface area contributed by atoms with Gasteiger partial charge in [0.15, 0.2) is 0 Å². The van der Waals surface area contributed by atoms with Crippen molar-refractivity contribution in [3.05, 3.63) is 57.0 Å². The van der Waals surface area contributed by atoms with Crippen molar-refractivity contribution in [2.45, 2.75) is 10.6 Å². The lowest BCUT2D eigenvalue weighted by Gasteiger charge is -2.15. The maximum atomic E-state index is 10.8. The Bertz CT molecular complexity index is 682. The van der Waals surface area contributed by atoms with E-state index in [1.165, 1.54) is 11.8 Å². The van der Waals surface area contributed by atoms with E-state index >= 15 is 0 Å². The molecular weight excluding hydrogens is 373 g/mol. The van der Waals surface area contributed by atoms with Gasteiger partial charge >= 0.3 is 0 Å². The van der Waals surface area contributed by atoms with E-state index in [2.05, 4.69) is 4.72 Å². The average Bonchev–Trinajstić information content (AvgIpc) is 2.39. The van der Waals surface area contributed by atoms with E-state index in [-0.39, 0.29) is 0 Å². The van der Waals surface area contributed by atoms with E-state index in [4.69, 9.17) is 34.8 Å². The van der Waals surface area contributed by atoms with Crippen molar-refractivity contribution >= 4 is 63.5 Å². The normalized spacial score (nSPS) is 12.2. The Kier molecular flexibility index (Phi) is 6.22. The molecule has 0 saturated carbocycles. The SMILES string of the molecule is O=S([O-])Nc1cccc(Cl)c1CSc1ccc(Cl)cc1Cl. The highest BCUT2D eigenvalue weighted by atomic mass is 35.5. The van der Waals surface area contributed by atoms with Gasteiger partial charge in [-0.3, -0.25) is 4.21 Å². The zero-order valence-corrected chi connectivity index (χ0v) is 14.3. The van der Waals surface area contributed by atoms with Crippen LogP contribution in [0.5, 0.6) is 0 Å². The zero-order chi connectivity index (χ0) is 15.4. The molecule has 112 valence electrons. The first-order valence-corrected chi connectivity index (χ1v) is 8.88. The topological polar surface area (TPSA) is 52.2 Å². The van der Waals surface area contributed by atoms with E-state index < -0.39 is 11.3 Å². The molecule has 0 spiro atoms. The molecule has 0 radical (unpaired) electrons. The van der Waals surface area contributed by atoms with Crippen molar-refractivity contribution in [3.8, 4) is 0 Å². The van der Waals surface area contributed by atoms with Gasteiger partial charge in [0, 0.05) is 37.5 Å². The minimum atomic E-state index is -2.40. The summed E-state index contributed by atoms with van der Waals surface area (Å²) in [6.07, 6.45) is 0. The lowest BCUT2D eigenvalue weighted by molar-refractivity contribution is 0.542. The van der Waals surface area contributed by atoms with Crippen molar-refractivity contribution in [3.63, 3.8) is 0 Å². The molecule has 2 aromatic carbocycles. The monoisotopic (exact) mass is 380 g/mol. The molecule has 0 amide bonds. The summed E-state index contributed by atoms with van der Waals surface area (Å²) in [5.41, 5.74) is 1.15. The number of hydrogen-bond donors (Lipinski definition) is 1. The number of benzene rings is 2. The predicted molar refractivity (Wildman–Crippen MR) is 90.0 cm³/mol. The molecule has 0 aliphatic carbocycles. The summed E-state index contributed by atoms with van der Waals surface area (Å²) in [6.45, 7) is 0. The summed E-state index contributed by atoms with van der Waals surface area (Å²) in [6, 6.07) is 10.3. The second-order valence-electron chi connectivity index (χ2n) is 3.97. The molecule has 1 N–H and O–H groups in total. The minimum absolute atomic E-state index is 0.452. The fourth-order valence-corrected chi connectivity index (χ4v) is 3.87. The third kappa shape index (κ3) is 4.77. The van der Waals surface area contributed by atoms with E-state index in [0.717, 1.165) is 4.90 Å². The summed E-state index contributed by atoms with van der Waals surface area (Å²) in [5.74, 6) is 0.473. The van der Waals surface area contributed by atoms with Gasteiger partial charge in [-0.05, 0) is 30.3 Å². The van der Waals surface area contributed by atoms with Gasteiger partial charge in [0.25, 0.3) is 0 Å². The summed E-state index contributed by atoms with van der Waals surface area (Å²) < 4.78 is 23.9. The standard InChI is InChI=1S/C13H10Cl3NO2S2/c14-8-4-5-13(11(16)6-8)20-7-9-10(15)2-1-3-12(9)17-21(18)19/h1-6,17H,7H2,(H,18,19)/p-1. The van der Waals surface area contributed by atoms with Crippen LogP contribution in [0.15, 0.2) is 41.3 Å². The quantitative estimate of drug-likeness (QED) is 0.576. The molecule has 3 nitrogen and oxygen atoms in total. The maximum absolute atomic E-state index is 10.8. The van der Waals surface area contributed by atoms with Gasteiger partial charge in [0.1, 0.15) is 0 Å². The van der Waals surface area contributed by atoms with Gasteiger partial charge in [-0.1, -0.05) is 40.9 Å². The van der Waals surface area contributed by atoms with Crippen LogP contribution in [0, 0.1) is 0 Å². The summed E-state index contributed by atoms with van der Waals surface area (Å²) >= 11 is 17.1. The molecule has 0 fully saturated rings. The molecule has 8 heteroatoms. The van der Waals surface area contributed by atoms with E-state index in [1.807, 2.05) is 6.07 Å². The Balaban J connectivity index is 2.21. The van der Waals surface area contributed by atoms with Gasteiger partial charge in [-0.2, -0.15) is 0 Å². The van der Waals surface area contributed by atoms with Gasteiger partial charge < -0.3 is 9.27 Å². The van der Waals surface area contributed by atoms with Crippen LogP contribution in [-0.4, -0.2) is 8.76 Å². The third-order valence-electron chi connectivity index (χ3n) is 2.58. The lowest BCUT2D eigenvalue weighted by Crippen LogP contribution is -2.05. The predicted octanol–water partition coefficient (Wildman–Crippen LogP) is 5.15. The van der Waals surface area contributed by atoms with Gasteiger partial charge in [0.05, 0.1) is 10.7 Å². The number of thioether (sulfide) groups is 1. The van der Waals surface area contributed by atoms with Crippen molar-refractivity contribution in [2.75, 3.05) is 4.72 Å². The number of rotatable bonds is 5. The molecule has 2 aromatic rings. The van der Waals surface area contributed by atoms with Crippen molar-refractivity contribution in [1.29, 1.82) is 0 Å². The summed E-state index contributed by atoms with van der Waals surface area (Å²) in [5, 5.41) is 1.59. The molecule has 0 heterocycles. The highest BCUT2D eigenvalue weighted by Crippen LogP contribution is 2.35. The molecule has 0 aliphatic heterocycles. The lowest BCUT2D eigenvalue weighted by atomic mass is 10.2. The van der Waals surface area contributed by atoms with E-state index in [0.29, 0.717) is 32.1 Å². The number of anilines is 1. The highest BCUT2D eigenvalue weighted by Gasteiger charge is 2.09. The fraction of sp³-hybridized carbons (Fsp3) is 0.0769. The molecule has 1 unspecified atom stereocenters. The van der Waals surface area contributed by atoms with Crippen LogP contribution in [-0.2, 0) is 17.0 Å². The van der Waals surface area contributed by atoms with E-state index in [9.17, 15) is 8.76 Å². The van der Waals surface area contributed by atoms with Crippen LogP contribution in [0.4, 0.5) is 5.69 Å². The van der Waals surface area contributed by atoms with Crippen molar-refractivity contribution < 1.29 is 8.76 Å². The first kappa shape index (κ1) is 16.9. The van der Waals surface area contributed by atoms with Gasteiger partial charge in [0.2, 0.25) is 0 Å². The number of halogens is 3. The molecule has 0 bridgehead atoms. The Morgan fingerprint density at radius 2 is 1.90 bits per heavy atom. The summed E-state index contributed by atoms with van der Waals surface area (Å²) in [7, 11) is 0. The molecule has 0 aliphatic rings. The molecule has 0 saturated heterocycles. The van der Waals surface area contributed by atoms with Crippen LogP contribution < -0.4 is 4.72 Å². The number of hydrogen-bond acceptors (Lipinski definition) is 3. The number of nitrogens with one attached hydrogen (secondary N) is 1. The Morgan fingerprint density at radius 3 is 2.57 bits per heavy atom. The second-order valence-corrected chi connectivity index (χ2v) is 6.91. The minimum Gasteiger partial charge on any atom is -0.755 e. The van der Waals surface area contributed by atoms with Gasteiger partial charge in [-0.15, -0.1) is 11.8 Å². The first-order chi connectivity index (χ1) is 9.97. The Morgan fingerprint density at radius 1 is 1.14 bits per heavy atom. The largest absolute Gasteiger partial charge is 0.755 e. The van der Waals surface area contributed by atoms with Crippen LogP contribution in [0.2, 0.25) is 15.1 Å². The fourth-order valence-electron chi connectivity index (χ4n) is 1.63. The van der Waals surface area contributed by atoms with Crippen LogP contribution in [0.3, 0.4) is 0 Å². The van der Waals surface area contributed by atoms with Crippen molar-refractivity contribution in [1.82, 2.24) is 0 Å². The first-order valence-electron chi connectivity index (χ1n) is 5.68. The molecular formula is C13H9Cl3NO2S2-. The molecule has 1 atom stereocenters. The Hall–Kier alpha value is -0.430. The van der Waals surface area contributed by atoms with Crippen molar-refractivity contribution in [2.24, 2.45) is 0 Å². The molecule has 21 heavy (non-hydrogen) atoms. The summed E-state index contributed by atoms with van der Waals surface area (Å²) in [4.78, 5) is 0.843. The smallest absolute Gasteiger partial charge is 0.0556 e. The van der Waals surface area contributed by atoms with E-state index in [1.54, 1.807) is 30.3 Å². The maximum Gasteiger partial charge on any atom is 0.0556 e. The van der Waals surface area contributed by atoms with Gasteiger partial charge in [-0.25, -0.2) is 0 Å². The molecule has 2 rings (SSSR count). The van der Waals surface area contributed by atoms with Crippen LogP contribution in [0.25, 0.3) is 0 Å². The zero-order valence-electron chi connectivity index (χ0n) is 10.4. The third-order valence-corrected chi connectivity index (χ3v) is 5.08. The molecule has 0 aromatic heterocycles.